The lowest BCUT2D eigenvalue weighted by atomic mass is 10.1. The number of alkyl halides is 3. The minimum absolute atomic E-state index is 0.112. The molecule has 0 fully saturated rings. The summed E-state index contributed by atoms with van der Waals surface area (Å²) in [5.74, 6) is -1.53. The Kier molecular flexibility index (Phi) is 6.21. The smallest absolute Gasteiger partial charge is 0.431 e. The number of rotatable bonds is 5. The van der Waals surface area contributed by atoms with E-state index in [0.29, 0.717) is 5.69 Å². The van der Waals surface area contributed by atoms with Crippen LogP contribution in [0.2, 0.25) is 5.02 Å². The molecule has 1 aromatic carbocycles. The lowest BCUT2D eigenvalue weighted by Gasteiger charge is -2.18. The second kappa shape index (κ2) is 8.97. The highest BCUT2D eigenvalue weighted by atomic mass is 35.5. The third-order valence-electron chi connectivity index (χ3n) is 5.34. The fraction of sp³-hybridized carbons (Fsp3) is 0.300. The van der Waals surface area contributed by atoms with Crippen molar-refractivity contribution in [1.82, 2.24) is 25.3 Å². The predicted molar refractivity (Wildman–Crippen MR) is 111 cm³/mol. The number of aromatic amines is 1. The van der Waals surface area contributed by atoms with Crippen LogP contribution in [0, 0.1) is 5.82 Å². The first-order valence-corrected chi connectivity index (χ1v) is 10.3. The Labute approximate surface area is 194 Å². The van der Waals surface area contributed by atoms with Crippen molar-refractivity contribution in [3.63, 3.8) is 0 Å². The summed E-state index contributed by atoms with van der Waals surface area (Å²) in [6, 6.07) is 2.39. The molecule has 9 nitrogen and oxygen atoms in total. The number of alkyl carbamates (subject to hydrolysis) is 1. The number of carbonyl (C=O) groups is 2. The number of hydrogen-bond donors (Lipinski definition) is 3. The predicted octanol–water partition coefficient (Wildman–Crippen LogP) is 4.12. The maximum absolute atomic E-state index is 14.0. The zero-order chi connectivity index (χ0) is 24.6. The topological polar surface area (TPSA) is 114 Å². The van der Waals surface area contributed by atoms with Crippen molar-refractivity contribution in [2.75, 3.05) is 5.32 Å². The van der Waals surface area contributed by atoms with Gasteiger partial charge < -0.3 is 19.9 Å². The third-order valence-corrected chi connectivity index (χ3v) is 5.63. The third kappa shape index (κ3) is 4.55. The largest absolute Gasteiger partial charge is 0.443 e. The Bertz CT molecular complexity index is 1240. The molecule has 2 amide bonds. The second-order valence-electron chi connectivity index (χ2n) is 7.50. The lowest BCUT2D eigenvalue weighted by molar-refractivity contribution is -0.143. The van der Waals surface area contributed by atoms with Gasteiger partial charge in [-0.1, -0.05) is 11.6 Å². The zero-order valence-corrected chi connectivity index (χ0v) is 18.2. The first kappa shape index (κ1) is 23.5. The molecular weight excluding hydrogens is 484 g/mol. The number of carbonyl (C=O) groups excluding carboxylic acids is 2. The van der Waals surface area contributed by atoms with Gasteiger partial charge in [-0.25, -0.2) is 9.18 Å². The Morgan fingerprint density at radius 1 is 1.35 bits per heavy atom. The summed E-state index contributed by atoms with van der Waals surface area (Å²) in [7, 11) is 1.12. The number of benzene rings is 1. The molecule has 1 aliphatic rings. The van der Waals surface area contributed by atoms with Crippen molar-refractivity contribution in [3.05, 3.63) is 63.4 Å². The molecule has 180 valence electrons. The van der Waals surface area contributed by atoms with Crippen molar-refractivity contribution in [3.8, 4) is 0 Å². The van der Waals surface area contributed by atoms with E-state index in [1.165, 1.54) is 12.3 Å². The maximum atomic E-state index is 14.0. The SMILES string of the molecule is Cn1c(C(=O)Nc2ccc(F)c(Cl)c2)c2c(c1C(F)(F)F)C(NC(=O)OCc1cn[nH]n1)CC2. The molecule has 0 aliphatic heterocycles. The van der Waals surface area contributed by atoms with Crippen LogP contribution in [-0.2, 0) is 31.0 Å². The Balaban J connectivity index is 1.61. The number of hydrogen-bond acceptors (Lipinski definition) is 5. The van der Waals surface area contributed by atoms with Crippen molar-refractivity contribution in [2.24, 2.45) is 7.05 Å². The second-order valence-corrected chi connectivity index (χ2v) is 7.91. The molecule has 1 aliphatic carbocycles. The molecule has 3 N–H and O–H groups in total. The molecule has 1 unspecified atom stereocenters. The van der Waals surface area contributed by atoms with Crippen molar-refractivity contribution >= 4 is 29.3 Å². The van der Waals surface area contributed by atoms with Crippen LogP contribution in [0.1, 0.15) is 45.5 Å². The van der Waals surface area contributed by atoms with Gasteiger partial charge >= 0.3 is 12.3 Å². The quantitative estimate of drug-likeness (QED) is 0.456. The average molecular weight is 501 g/mol. The molecule has 4 rings (SSSR count). The molecule has 0 saturated carbocycles. The van der Waals surface area contributed by atoms with Crippen molar-refractivity contribution in [2.45, 2.75) is 31.7 Å². The van der Waals surface area contributed by atoms with E-state index in [-0.39, 0.29) is 47.0 Å². The summed E-state index contributed by atoms with van der Waals surface area (Å²) in [6.45, 7) is -0.225. The van der Waals surface area contributed by atoms with Crippen LogP contribution in [0.4, 0.5) is 28.0 Å². The molecule has 0 radical (unpaired) electrons. The van der Waals surface area contributed by atoms with Crippen LogP contribution >= 0.6 is 11.6 Å². The first-order valence-electron chi connectivity index (χ1n) is 9.89. The molecular formula is C20H17ClF4N6O3. The number of amides is 2. The van der Waals surface area contributed by atoms with E-state index < -0.39 is 35.7 Å². The van der Waals surface area contributed by atoms with E-state index in [4.69, 9.17) is 16.3 Å². The van der Waals surface area contributed by atoms with E-state index in [9.17, 15) is 27.2 Å². The van der Waals surface area contributed by atoms with E-state index in [1.54, 1.807) is 0 Å². The van der Waals surface area contributed by atoms with E-state index in [1.807, 2.05) is 0 Å². The molecule has 2 aromatic heterocycles. The van der Waals surface area contributed by atoms with Gasteiger partial charge in [0.15, 0.2) is 0 Å². The molecule has 3 aromatic rings. The number of nitrogens with one attached hydrogen (secondary N) is 3. The summed E-state index contributed by atoms with van der Waals surface area (Å²) in [6.07, 6.45) is -4.16. The zero-order valence-electron chi connectivity index (χ0n) is 17.5. The Morgan fingerprint density at radius 3 is 2.76 bits per heavy atom. The number of anilines is 1. The molecule has 34 heavy (non-hydrogen) atoms. The highest BCUT2D eigenvalue weighted by Crippen LogP contribution is 2.44. The molecule has 14 heteroatoms. The molecule has 0 bridgehead atoms. The van der Waals surface area contributed by atoms with E-state index in [0.717, 1.165) is 23.7 Å². The summed E-state index contributed by atoms with van der Waals surface area (Å²) in [4.78, 5) is 25.1. The Morgan fingerprint density at radius 2 is 2.12 bits per heavy atom. The van der Waals surface area contributed by atoms with Gasteiger partial charge in [-0.3, -0.25) is 4.79 Å². The minimum Gasteiger partial charge on any atom is -0.443 e. The first-order chi connectivity index (χ1) is 16.1. The fourth-order valence-electron chi connectivity index (χ4n) is 3.99. The summed E-state index contributed by atoms with van der Waals surface area (Å²) < 4.78 is 61.1. The monoisotopic (exact) mass is 500 g/mol. The van der Waals surface area contributed by atoms with Crippen LogP contribution in [0.15, 0.2) is 24.4 Å². The van der Waals surface area contributed by atoms with Gasteiger partial charge in [0.1, 0.15) is 29.5 Å². The minimum atomic E-state index is -4.80. The van der Waals surface area contributed by atoms with E-state index in [2.05, 4.69) is 26.0 Å². The van der Waals surface area contributed by atoms with E-state index >= 15 is 0 Å². The fourth-order valence-corrected chi connectivity index (χ4v) is 4.17. The summed E-state index contributed by atoms with van der Waals surface area (Å²) >= 11 is 5.72. The van der Waals surface area contributed by atoms with Crippen LogP contribution in [0.5, 0.6) is 0 Å². The van der Waals surface area contributed by atoms with Gasteiger partial charge in [0.25, 0.3) is 5.91 Å². The van der Waals surface area contributed by atoms with Crippen molar-refractivity contribution < 1.29 is 31.9 Å². The average Bonchev–Trinajstić information content (AvgIpc) is 3.46. The number of halogens is 5. The molecule has 2 heterocycles. The molecule has 0 saturated heterocycles. The number of aromatic nitrogens is 4. The summed E-state index contributed by atoms with van der Waals surface area (Å²) in [5.41, 5.74) is -0.869. The highest BCUT2D eigenvalue weighted by molar-refractivity contribution is 6.31. The standard InChI is InChI=1S/C20H17ClF4N6O3/c1-31-16(18(32)27-9-2-4-13(22)12(21)6-9)11-3-5-14(15(11)17(31)20(23,24)25)28-19(33)34-8-10-7-26-30-29-10/h2,4,6-7,14H,3,5,8H2,1H3,(H,27,32)(H,28,33)(H,26,29,30). The number of ether oxygens (including phenoxy) is 1. The van der Waals surface area contributed by atoms with Gasteiger partial charge in [0.2, 0.25) is 0 Å². The van der Waals surface area contributed by atoms with Gasteiger partial charge in [0, 0.05) is 18.3 Å². The number of fused-ring (bicyclic) bond motifs is 1. The van der Waals surface area contributed by atoms with Crippen molar-refractivity contribution in [1.29, 1.82) is 0 Å². The van der Waals surface area contributed by atoms with Gasteiger partial charge in [0.05, 0.1) is 17.3 Å². The number of H-pyrrole nitrogens is 1. The Hall–Kier alpha value is -3.61. The normalized spacial score (nSPS) is 15.2. The van der Waals surface area contributed by atoms with Gasteiger partial charge in [-0.05, 0) is 36.6 Å². The van der Waals surface area contributed by atoms with Crippen LogP contribution in [0.25, 0.3) is 0 Å². The van der Waals surface area contributed by atoms with Gasteiger partial charge in [-0.2, -0.15) is 28.6 Å². The lowest BCUT2D eigenvalue weighted by Crippen LogP contribution is -2.29. The number of nitrogens with zero attached hydrogens (tertiary/aromatic N) is 3. The van der Waals surface area contributed by atoms with Crippen LogP contribution in [0.3, 0.4) is 0 Å². The van der Waals surface area contributed by atoms with Gasteiger partial charge in [-0.15, -0.1) is 0 Å². The maximum Gasteiger partial charge on any atom is 0.431 e. The van der Waals surface area contributed by atoms with Crippen LogP contribution in [-0.4, -0.2) is 32.0 Å². The molecule has 0 spiro atoms. The highest BCUT2D eigenvalue weighted by Gasteiger charge is 2.45. The molecule has 1 atom stereocenters. The van der Waals surface area contributed by atoms with Crippen LogP contribution < -0.4 is 10.6 Å². The summed E-state index contributed by atoms with van der Waals surface area (Å²) in [5, 5.41) is 14.2.